The number of hydrogen-bond acceptors (Lipinski definition) is 5. The molecule has 1 aromatic rings. The van der Waals surface area contributed by atoms with Crippen LogP contribution in [0.15, 0.2) is 14.8 Å². The molecule has 0 saturated carbocycles. The molecule has 0 saturated heterocycles. The van der Waals surface area contributed by atoms with Crippen LogP contribution in [0.4, 0.5) is 11.5 Å². The van der Waals surface area contributed by atoms with Crippen LogP contribution in [0.5, 0.6) is 0 Å². The van der Waals surface area contributed by atoms with E-state index in [0.717, 1.165) is 9.13 Å². The lowest BCUT2D eigenvalue weighted by Crippen LogP contribution is -2.39. The molecule has 2 N–H and O–H groups in total. The number of nitroso groups, excluding NO2 is 1. The normalized spacial score (nSPS) is 10.1. The fourth-order valence-electron chi connectivity index (χ4n) is 1.13. The van der Waals surface area contributed by atoms with Gasteiger partial charge in [0.05, 0.1) is 0 Å². The lowest BCUT2D eigenvalue weighted by Gasteiger charge is -2.07. The molecule has 0 aliphatic rings. The second-order valence-electron chi connectivity index (χ2n) is 2.72. The molecule has 1 aromatic heterocycles. The molecular formula is C7H10N4O3. The van der Waals surface area contributed by atoms with Crippen LogP contribution in [0.25, 0.3) is 0 Å². The summed E-state index contributed by atoms with van der Waals surface area (Å²) >= 11 is 0. The zero-order chi connectivity index (χ0) is 10.9. The van der Waals surface area contributed by atoms with Crippen molar-refractivity contribution in [1.82, 2.24) is 9.13 Å². The van der Waals surface area contributed by atoms with E-state index in [1.54, 1.807) is 6.92 Å². The molecule has 7 heteroatoms. The second-order valence-corrected chi connectivity index (χ2v) is 2.72. The minimum absolute atomic E-state index is 0.175. The van der Waals surface area contributed by atoms with Crippen LogP contribution in [0, 0.1) is 4.91 Å². The summed E-state index contributed by atoms with van der Waals surface area (Å²) < 4.78 is 1.91. The minimum atomic E-state index is -0.747. The van der Waals surface area contributed by atoms with Crippen molar-refractivity contribution in [3.63, 3.8) is 0 Å². The molecule has 0 fully saturated rings. The summed E-state index contributed by atoms with van der Waals surface area (Å²) in [5.74, 6) is -0.209. The van der Waals surface area contributed by atoms with Gasteiger partial charge in [0, 0.05) is 13.6 Å². The summed E-state index contributed by atoms with van der Waals surface area (Å²) in [6.45, 7) is 1.79. The molecule has 0 unspecified atom stereocenters. The fraction of sp³-hybridized carbons (Fsp3) is 0.429. The molecule has 1 rings (SSSR count). The highest BCUT2D eigenvalue weighted by atomic mass is 16.3. The highest BCUT2D eigenvalue weighted by Crippen LogP contribution is 2.11. The summed E-state index contributed by atoms with van der Waals surface area (Å²) in [5, 5.41) is 2.51. The first kappa shape index (κ1) is 10.2. The Balaban J connectivity index is 3.83. The zero-order valence-electron chi connectivity index (χ0n) is 7.85. The van der Waals surface area contributed by atoms with Crippen molar-refractivity contribution < 1.29 is 0 Å². The molecular weight excluding hydrogens is 188 g/mol. The highest BCUT2D eigenvalue weighted by molar-refractivity contribution is 5.55. The number of aromatic nitrogens is 2. The average molecular weight is 198 g/mol. The third-order valence-electron chi connectivity index (χ3n) is 1.98. The zero-order valence-corrected chi connectivity index (χ0v) is 7.85. The molecule has 0 amide bonds. The van der Waals surface area contributed by atoms with Crippen molar-refractivity contribution in [1.29, 1.82) is 0 Å². The third kappa shape index (κ3) is 1.22. The molecule has 0 bridgehead atoms. The highest BCUT2D eigenvalue weighted by Gasteiger charge is 2.14. The standard InChI is InChI=1S/C7H10N4O3/c1-3-11-6(12)4(9-14)5(8)10(2)7(11)13/h3,8H2,1-2H3. The maximum atomic E-state index is 11.4. The Kier molecular flexibility index (Phi) is 2.50. The van der Waals surface area contributed by atoms with Crippen molar-refractivity contribution in [3.05, 3.63) is 25.7 Å². The molecule has 1 heterocycles. The third-order valence-corrected chi connectivity index (χ3v) is 1.98. The number of nitrogens with two attached hydrogens (primary N) is 1. The largest absolute Gasteiger partial charge is 0.383 e. The topological polar surface area (TPSA) is 99.4 Å². The van der Waals surface area contributed by atoms with Crippen LogP contribution >= 0.6 is 0 Å². The van der Waals surface area contributed by atoms with Gasteiger partial charge in [0.2, 0.25) is 5.69 Å². The Morgan fingerprint density at radius 1 is 1.43 bits per heavy atom. The molecule has 0 aliphatic carbocycles. The molecule has 0 aliphatic heterocycles. The van der Waals surface area contributed by atoms with Gasteiger partial charge in [-0.3, -0.25) is 13.9 Å². The molecule has 76 valence electrons. The van der Waals surface area contributed by atoms with E-state index in [9.17, 15) is 14.5 Å². The summed E-state index contributed by atoms with van der Waals surface area (Å²) in [6.07, 6.45) is 0. The summed E-state index contributed by atoms with van der Waals surface area (Å²) in [7, 11) is 1.37. The van der Waals surface area contributed by atoms with E-state index in [1.807, 2.05) is 0 Å². The van der Waals surface area contributed by atoms with Crippen LogP contribution in [0.3, 0.4) is 0 Å². The Hall–Kier alpha value is -1.92. The Morgan fingerprint density at radius 2 is 2.00 bits per heavy atom. The van der Waals surface area contributed by atoms with E-state index in [0.29, 0.717) is 0 Å². The van der Waals surface area contributed by atoms with Gasteiger partial charge in [0.1, 0.15) is 5.82 Å². The van der Waals surface area contributed by atoms with Crippen LogP contribution in [-0.2, 0) is 13.6 Å². The van der Waals surface area contributed by atoms with Crippen molar-refractivity contribution >= 4 is 11.5 Å². The molecule has 0 atom stereocenters. The SMILES string of the molecule is CCn1c(=O)c(N=O)c(N)n(C)c1=O. The number of nitrogens with zero attached hydrogens (tertiary/aromatic N) is 3. The number of anilines is 1. The minimum Gasteiger partial charge on any atom is -0.383 e. The van der Waals surface area contributed by atoms with Gasteiger partial charge in [-0.1, -0.05) is 0 Å². The van der Waals surface area contributed by atoms with Gasteiger partial charge in [0.25, 0.3) is 5.56 Å². The first-order chi connectivity index (χ1) is 6.54. The van der Waals surface area contributed by atoms with Gasteiger partial charge in [0.15, 0.2) is 0 Å². The van der Waals surface area contributed by atoms with E-state index in [-0.39, 0.29) is 12.4 Å². The van der Waals surface area contributed by atoms with Gasteiger partial charge in [-0.25, -0.2) is 4.79 Å². The molecule has 0 spiro atoms. The lowest BCUT2D eigenvalue weighted by atomic mass is 10.4. The van der Waals surface area contributed by atoms with Gasteiger partial charge < -0.3 is 5.73 Å². The quantitative estimate of drug-likeness (QED) is 0.650. The number of nitrogen functional groups attached to an aromatic ring is 1. The molecule has 0 aromatic carbocycles. The van der Waals surface area contributed by atoms with Gasteiger partial charge in [-0.2, -0.15) is 0 Å². The van der Waals surface area contributed by atoms with Crippen LogP contribution < -0.4 is 17.0 Å². The summed E-state index contributed by atoms with van der Waals surface area (Å²) in [5.41, 5.74) is 3.65. The first-order valence-corrected chi connectivity index (χ1v) is 3.97. The predicted molar refractivity (Wildman–Crippen MR) is 51.5 cm³/mol. The van der Waals surface area contributed by atoms with E-state index < -0.39 is 16.9 Å². The fourth-order valence-corrected chi connectivity index (χ4v) is 1.13. The van der Waals surface area contributed by atoms with E-state index >= 15 is 0 Å². The maximum Gasteiger partial charge on any atom is 0.332 e. The van der Waals surface area contributed by atoms with Crippen molar-refractivity contribution in [2.45, 2.75) is 13.5 Å². The van der Waals surface area contributed by atoms with Crippen LogP contribution in [-0.4, -0.2) is 9.13 Å². The maximum absolute atomic E-state index is 11.4. The first-order valence-electron chi connectivity index (χ1n) is 3.97. The monoisotopic (exact) mass is 198 g/mol. The lowest BCUT2D eigenvalue weighted by molar-refractivity contribution is 0.628. The second kappa shape index (κ2) is 3.44. The molecule has 0 radical (unpaired) electrons. The van der Waals surface area contributed by atoms with Crippen molar-refractivity contribution in [2.24, 2.45) is 12.2 Å². The Labute approximate surface area is 78.7 Å². The number of hydrogen-bond donors (Lipinski definition) is 1. The smallest absolute Gasteiger partial charge is 0.332 e. The van der Waals surface area contributed by atoms with Crippen LogP contribution in [0.1, 0.15) is 6.92 Å². The van der Waals surface area contributed by atoms with Gasteiger partial charge in [-0.15, -0.1) is 4.91 Å². The molecule has 14 heavy (non-hydrogen) atoms. The van der Waals surface area contributed by atoms with E-state index in [2.05, 4.69) is 5.18 Å². The van der Waals surface area contributed by atoms with E-state index in [1.165, 1.54) is 7.05 Å². The van der Waals surface area contributed by atoms with E-state index in [4.69, 9.17) is 5.73 Å². The van der Waals surface area contributed by atoms with Gasteiger partial charge >= 0.3 is 5.69 Å². The van der Waals surface area contributed by atoms with Crippen LogP contribution in [0.2, 0.25) is 0 Å². The van der Waals surface area contributed by atoms with Crippen molar-refractivity contribution in [3.8, 4) is 0 Å². The summed E-state index contributed by atoms with van der Waals surface area (Å²) in [4.78, 5) is 33.1. The Morgan fingerprint density at radius 3 is 2.43 bits per heavy atom. The van der Waals surface area contributed by atoms with Crippen molar-refractivity contribution in [2.75, 3.05) is 5.73 Å². The van der Waals surface area contributed by atoms with Gasteiger partial charge in [-0.05, 0) is 12.1 Å². The summed E-state index contributed by atoms with van der Waals surface area (Å²) in [6, 6.07) is 0. The predicted octanol–water partition coefficient (Wildman–Crippen LogP) is -0.453. The average Bonchev–Trinajstić information content (AvgIpc) is 2.16. The number of rotatable bonds is 2. The Bertz CT molecular complexity index is 485. The molecule has 7 nitrogen and oxygen atoms in total.